The second kappa shape index (κ2) is 8.21. The lowest BCUT2D eigenvalue weighted by Crippen LogP contribution is -2.34. The zero-order valence-corrected chi connectivity index (χ0v) is 18.6. The summed E-state index contributed by atoms with van der Waals surface area (Å²) < 4.78 is 1.44. The van der Waals surface area contributed by atoms with E-state index in [2.05, 4.69) is 46.8 Å². The number of piperidine rings is 1. The molecule has 0 aliphatic carbocycles. The van der Waals surface area contributed by atoms with Crippen LogP contribution in [-0.2, 0) is 17.6 Å². The summed E-state index contributed by atoms with van der Waals surface area (Å²) in [5.41, 5.74) is 4.08. The maximum atomic E-state index is 11.8. The molecule has 1 aromatic carbocycles. The van der Waals surface area contributed by atoms with E-state index in [9.17, 15) is 4.79 Å². The topological polar surface area (TPSA) is 32.3 Å². The smallest absolute Gasteiger partial charge is 0.224 e. The van der Waals surface area contributed by atoms with Crippen LogP contribution in [-0.4, -0.2) is 30.4 Å². The molecule has 0 bridgehead atoms. The summed E-state index contributed by atoms with van der Waals surface area (Å²) in [5.74, 6) is 0.875. The Balaban J connectivity index is 1.19. The van der Waals surface area contributed by atoms with Crippen LogP contribution in [0.15, 0.2) is 29.6 Å². The van der Waals surface area contributed by atoms with E-state index in [0.29, 0.717) is 12.3 Å². The van der Waals surface area contributed by atoms with E-state index >= 15 is 0 Å². The van der Waals surface area contributed by atoms with Gasteiger partial charge in [-0.15, -0.1) is 22.7 Å². The van der Waals surface area contributed by atoms with Crippen molar-refractivity contribution in [1.82, 2.24) is 4.90 Å². The van der Waals surface area contributed by atoms with Gasteiger partial charge in [-0.3, -0.25) is 4.79 Å². The van der Waals surface area contributed by atoms with Gasteiger partial charge in [0.1, 0.15) is 0 Å². The van der Waals surface area contributed by atoms with Gasteiger partial charge in [-0.2, -0.15) is 0 Å². The van der Waals surface area contributed by atoms with Crippen LogP contribution in [0.2, 0.25) is 0 Å². The predicted octanol–water partition coefficient (Wildman–Crippen LogP) is 5.97. The van der Waals surface area contributed by atoms with E-state index in [0.717, 1.165) is 31.5 Å². The van der Waals surface area contributed by atoms with Gasteiger partial charge in [0.05, 0.1) is 5.69 Å². The number of thiophene rings is 2. The van der Waals surface area contributed by atoms with E-state index in [1.165, 1.54) is 51.3 Å². The molecule has 2 aliphatic rings. The fraction of sp³-hybridized carbons (Fsp3) is 0.458. The number of benzene rings is 1. The van der Waals surface area contributed by atoms with Crippen molar-refractivity contribution in [3.8, 4) is 0 Å². The average molecular weight is 425 g/mol. The van der Waals surface area contributed by atoms with Gasteiger partial charge in [0.25, 0.3) is 0 Å². The first-order valence-electron chi connectivity index (χ1n) is 10.8. The SMILES string of the molecule is Cc1cccc2scc(C3CCN(CCc4cc5c(s4)CCCC(=O)N5)CC3)c12. The van der Waals surface area contributed by atoms with Crippen molar-refractivity contribution in [3.63, 3.8) is 0 Å². The van der Waals surface area contributed by atoms with Crippen LogP contribution in [0.3, 0.4) is 0 Å². The number of carbonyl (C=O) groups is 1. The van der Waals surface area contributed by atoms with Crippen LogP contribution in [0.4, 0.5) is 5.69 Å². The zero-order chi connectivity index (χ0) is 19.8. The van der Waals surface area contributed by atoms with Crippen molar-refractivity contribution in [1.29, 1.82) is 0 Å². The summed E-state index contributed by atoms with van der Waals surface area (Å²) >= 11 is 3.80. The van der Waals surface area contributed by atoms with E-state index in [4.69, 9.17) is 0 Å². The lowest BCUT2D eigenvalue weighted by molar-refractivity contribution is -0.116. The van der Waals surface area contributed by atoms with Crippen molar-refractivity contribution in [2.75, 3.05) is 25.0 Å². The number of aryl methyl sites for hydroxylation is 2. The Hall–Kier alpha value is -1.69. The summed E-state index contributed by atoms with van der Waals surface area (Å²) in [6, 6.07) is 8.90. The first kappa shape index (κ1) is 19.3. The van der Waals surface area contributed by atoms with Crippen molar-refractivity contribution < 1.29 is 4.79 Å². The number of fused-ring (bicyclic) bond motifs is 2. The Kier molecular flexibility index (Phi) is 5.46. The highest BCUT2D eigenvalue weighted by atomic mass is 32.1. The number of likely N-dealkylation sites (tertiary alicyclic amines) is 1. The molecule has 2 aliphatic heterocycles. The largest absolute Gasteiger partial charge is 0.325 e. The van der Waals surface area contributed by atoms with Crippen LogP contribution in [0.25, 0.3) is 10.1 Å². The highest BCUT2D eigenvalue weighted by molar-refractivity contribution is 7.17. The second-order valence-corrected chi connectivity index (χ2v) is 10.6. The van der Waals surface area contributed by atoms with Crippen LogP contribution in [0.5, 0.6) is 0 Å². The molecular weight excluding hydrogens is 396 g/mol. The third kappa shape index (κ3) is 4.00. The van der Waals surface area contributed by atoms with Crippen LogP contribution in [0, 0.1) is 6.92 Å². The molecule has 0 saturated carbocycles. The monoisotopic (exact) mass is 424 g/mol. The first-order chi connectivity index (χ1) is 14.2. The van der Waals surface area contributed by atoms with Crippen molar-refractivity contribution in [3.05, 3.63) is 50.5 Å². The highest BCUT2D eigenvalue weighted by Crippen LogP contribution is 2.38. The van der Waals surface area contributed by atoms with E-state index in [-0.39, 0.29) is 5.91 Å². The van der Waals surface area contributed by atoms with Gasteiger partial charge in [0, 0.05) is 27.4 Å². The lowest BCUT2D eigenvalue weighted by atomic mass is 9.88. The molecule has 1 fully saturated rings. The van der Waals surface area contributed by atoms with Crippen molar-refractivity contribution in [2.24, 2.45) is 0 Å². The number of hydrogen-bond donors (Lipinski definition) is 1. The Morgan fingerprint density at radius 3 is 2.93 bits per heavy atom. The van der Waals surface area contributed by atoms with Gasteiger partial charge in [-0.1, -0.05) is 12.1 Å². The second-order valence-electron chi connectivity index (χ2n) is 8.46. The molecule has 3 nitrogen and oxygen atoms in total. The number of carbonyl (C=O) groups excluding carboxylic acids is 1. The number of nitrogens with zero attached hydrogens (tertiary/aromatic N) is 1. The predicted molar refractivity (Wildman–Crippen MR) is 125 cm³/mol. The van der Waals surface area contributed by atoms with Crippen molar-refractivity contribution in [2.45, 2.75) is 51.4 Å². The van der Waals surface area contributed by atoms with Crippen LogP contribution >= 0.6 is 22.7 Å². The minimum Gasteiger partial charge on any atom is -0.325 e. The molecule has 1 amide bonds. The van der Waals surface area contributed by atoms with Gasteiger partial charge >= 0.3 is 0 Å². The van der Waals surface area contributed by atoms with Gasteiger partial charge < -0.3 is 10.2 Å². The summed E-state index contributed by atoms with van der Waals surface area (Å²) in [4.78, 5) is 17.2. The van der Waals surface area contributed by atoms with Crippen molar-refractivity contribution >= 4 is 44.4 Å². The van der Waals surface area contributed by atoms with Gasteiger partial charge in [0.15, 0.2) is 0 Å². The Bertz CT molecular complexity index is 1030. The van der Waals surface area contributed by atoms with E-state index in [1.54, 1.807) is 5.56 Å². The third-order valence-electron chi connectivity index (χ3n) is 6.48. The number of anilines is 1. The number of nitrogens with one attached hydrogen (secondary N) is 1. The molecule has 5 rings (SSSR count). The summed E-state index contributed by atoms with van der Waals surface area (Å²) in [5, 5.41) is 7.00. The molecule has 0 spiro atoms. The fourth-order valence-electron chi connectivity index (χ4n) is 4.85. The average Bonchev–Trinajstić information content (AvgIpc) is 3.28. The molecule has 5 heteroatoms. The summed E-state index contributed by atoms with van der Waals surface area (Å²) in [7, 11) is 0. The number of hydrogen-bond acceptors (Lipinski definition) is 4. The Morgan fingerprint density at radius 2 is 2.07 bits per heavy atom. The fourth-order valence-corrected chi connectivity index (χ4v) is 7.12. The maximum absolute atomic E-state index is 11.8. The minimum atomic E-state index is 0.173. The first-order valence-corrected chi connectivity index (χ1v) is 12.5. The van der Waals surface area contributed by atoms with Gasteiger partial charge in [-0.05, 0) is 92.1 Å². The molecule has 29 heavy (non-hydrogen) atoms. The summed E-state index contributed by atoms with van der Waals surface area (Å²) in [6.45, 7) is 5.76. The summed E-state index contributed by atoms with van der Waals surface area (Å²) in [6.07, 6.45) is 6.29. The standard InChI is InChI=1S/C24H28N2OS2/c1-16-4-2-6-22-24(16)19(15-28-22)17-8-11-26(12-9-17)13-10-18-14-20-21(29-18)5-3-7-23(27)25-20/h2,4,6,14-15,17H,3,5,7-13H2,1H3,(H,25,27). The van der Waals surface area contributed by atoms with E-state index < -0.39 is 0 Å². The Morgan fingerprint density at radius 1 is 1.21 bits per heavy atom. The molecule has 1 N–H and O–H groups in total. The van der Waals surface area contributed by atoms with E-state index in [1.807, 2.05) is 22.7 Å². The molecule has 0 atom stereocenters. The molecule has 1 saturated heterocycles. The molecule has 0 radical (unpaired) electrons. The highest BCUT2D eigenvalue weighted by Gasteiger charge is 2.24. The molecule has 4 heterocycles. The van der Waals surface area contributed by atoms with Gasteiger partial charge in [0.2, 0.25) is 5.91 Å². The Labute approximate surface area is 180 Å². The lowest BCUT2D eigenvalue weighted by Gasteiger charge is -2.32. The zero-order valence-electron chi connectivity index (χ0n) is 17.0. The molecule has 152 valence electrons. The number of rotatable bonds is 4. The quantitative estimate of drug-likeness (QED) is 0.560. The van der Waals surface area contributed by atoms with Gasteiger partial charge in [-0.25, -0.2) is 0 Å². The van der Waals surface area contributed by atoms with Crippen LogP contribution in [0.1, 0.15) is 52.5 Å². The molecule has 2 aromatic heterocycles. The maximum Gasteiger partial charge on any atom is 0.224 e. The molecule has 3 aromatic rings. The minimum absolute atomic E-state index is 0.173. The molecular formula is C24H28N2OS2. The normalized spacial score (nSPS) is 18.6. The third-order valence-corrected chi connectivity index (χ3v) is 8.70. The van der Waals surface area contributed by atoms with Crippen LogP contribution < -0.4 is 5.32 Å². The number of amides is 1. The molecule has 0 unspecified atom stereocenters.